The molecule has 0 bridgehead atoms. The number of nitrogens with one attached hydrogen (secondary N) is 1. The van der Waals surface area contributed by atoms with Crippen molar-refractivity contribution in [1.82, 2.24) is 5.32 Å². The van der Waals surface area contributed by atoms with Crippen LogP contribution in [0.1, 0.15) is 26.7 Å². The maximum Gasteiger partial charge on any atom is 0.501 e. The second kappa shape index (κ2) is 8.00. The van der Waals surface area contributed by atoms with Crippen LogP contribution in [0.5, 0.6) is 0 Å². The molecule has 1 aliphatic heterocycles. The van der Waals surface area contributed by atoms with Crippen LogP contribution in [0.2, 0.25) is 6.04 Å². The fourth-order valence-electron chi connectivity index (χ4n) is 2.06. The first-order valence-electron chi connectivity index (χ1n) is 6.53. The van der Waals surface area contributed by atoms with Gasteiger partial charge in [0.05, 0.1) is 6.10 Å². The Bertz CT molecular complexity index is 220. The van der Waals surface area contributed by atoms with Crippen molar-refractivity contribution >= 4 is 8.80 Å². The molecular formula is C12H25NO3Si. The Balaban J connectivity index is 2.69. The molecule has 0 saturated carbocycles. The van der Waals surface area contributed by atoms with E-state index >= 15 is 0 Å². The lowest BCUT2D eigenvalue weighted by Crippen LogP contribution is -2.52. The standard InChI is InChI=1S/C12H25NO3Si/c1-4-8-12-11-13-9-7-10-17(16-12,14-5-2)15-6-3/h4,12-13H,1,5-11H2,2-3H3. The van der Waals surface area contributed by atoms with Gasteiger partial charge < -0.3 is 18.6 Å². The second-order valence-electron chi connectivity index (χ2n) is 4.12. The molecule has 1 unspecified atom stereocenters. The first kappa shape index (κ1) is 14.9. The van der Waals surface area contributed by atoms with Crippen molar-refractivity contribution in [3.8, 4) is 0 Å². The minimum atomic E-state index is -2.45. The van der Waals surface area contributed by atoms with Crippen LogP contribution in [0.3, 0.4) is 0 Å². The van der Waals surface area contributed by atoms with E-state index in [0.717, 1.165) is 32.0 Å². The molecule has 1 heterocycles. The Hall–Kier alpha value is -0.203. The minimum Gasteiger partial charge on any atom is -0.374 e. The quantitative estimate of drug-likeness (QED) is 0.585. The predicted molar refractivity (Wildman–Crippen MR) is 71.0 cm³/mol. The molecule has 1 rings (SSSR count). The molecule has 0 aliphatic carbocycles. The van der Waals surface area contributed by atoms with Gasteiger partial charge in [0.15, 0.2) is 0 Å². The average Bonchev–Trinajstić information content (AvgIpc) is 2.26. The molecule has 4 nitrogen and oxygen atoms in total. The molecule has 5 heteroatoms. The largest absolute Gasteiger partial charge is 0.501 e. The van der Waals surface area contributed by atoms with Crippen molar-refractivity contribution in [1.29, 1.82) is 0 Å². The molecular weight excluding hydrogens is 234 g/mol. The smallest absolute Gasteiger partial charge is 0.374 e. The predicted octanol–water partition coefficient (Wildman–Crippen LogP) is 1.95. The van der Waals surface area contributed by atoms with Crippen LogP contribution in [0.4, 0.5) is 0 Å². The Morgan fingerprint density at radius 1 is 1.41 bits per heavy atom. The zero-order valence-corrected chi connectivity index (χ0v) is 12.0. The number of hydrogen-bond acceptors (Lipinski definition) is 4. The highest BCUT2D eigenvalue weighted by molar-refractivity contribution is 6.60. The fourth-order valence-corrected chi connectivity index (χ4v) is 4.86. The van der Waals surface area contributed by atoms with Crippen LogP contribution in [-0.4, -0.2) is 41.2 Å². The van der Waals surface area contributed by atoms with Gasteiger partial charge in [-0.05, 0) is 33.2 Å². The van der Waals surface area contributed by atoms with E-state index < -0.39 is 8.80 Å². The van der Waals surface area contributed by atoms with Crippen molar-refractivity contribution in [3.05, 3.63) is 12.7 Å². The summed E-state index contributed by atoms with van der Waals surface area (Å²) in [5.41, 5.74) is 0. The SMILES string of the molecule is C=CCC1CNCCC[Si](OCC)(OCC)O1. The molecule has 1 N–H and O–H groups in total. The van der Waals surface area contributed by atoms with Gasteiger partial charge in [0, 0.05) is 25.8 Å². The third-order valence-electron chi connectivity index (χ3n) is 2.71. The number of rotatable bonds is 6. The van der Waals surface area contributed by atoms with E-state index in [9.17, 15) is 0 Å². The lowest BCUT2D eigenvalue weighted by Gasteiger charge is -2.34. The highest BCUT2D eigenvalue weighted by Crippen LogP contribution is 2.22. The van der Waals surface area contributed by atoms with E-state index in [1.54, 1.807) is 0 Å². The molecule has 100 valence electrons. The molecule has 1 atom stereocenters. The summed E-state index contributed by atoms with van der Waals surface area (Å²) in [5.74, 6) is 0. The molecule has 1 saturated heterocycles. The van der Waals surface area contributed by atoms with E-state index in [2.05, 4.69) is 11.9 Å². The van der Waals surface area contributed by atoms with E-state index in [4.69, 9.17) is 13.3 Å². The highest BCUT2D eigenvalue weighted by Gasteiger charge is 2.42. The topological polar surface area (TPSA) is 39.7 Å². The van der Waals surface area contributed by atoms with E-state index in [-0.39, 0.29) is 6.10 Å². The summed E-state index contributed by atoms with van der Waals surface area (Å²) in [7, 11) is -2.45. The summed E-state index contributed by atoms with van der Waals surface area (Å²) in [6.45, 7) is 10.9. The van der Waals surface area contributed by atoms with Gasteiger partial charge >= 0.3 is 8.80 Å². The van der Waals surface area contributed by atoms with E-state index in [1.807, 2.05) is 19.9 Å². The van der Waals surface area contributed by atoms with Gasteiger partial charge in [-0.2, -0.15) is 0 Å². The van der Waals surface area contributed by atoms with Gasteiger partial charge in [-0.15, -0.1) is 6.58 Å². The summed E-state index contributed by atoms with van der Waals surface area (Å²) in [6.07, 6.45) is 3.90. The van der Waals surface area contributed by atoms with Crippen LogP contribution in [-0.2, 0) is 13.3 Å². The van der Waals surface area contributed by atoms with Gasteiger partial charge in [-0.3, -0.25) is 0 Å². The average molecular weight is 259 g/mol. The Morgan fingerprint density at radius 3 is 2.71 bits per heavy atom. The molecule has 0 amide bonds. The fraction of sp³-hybridized carbons (Fsp3) is 0.833. The van der Waals surface area contributed by atoms with Crippen molar-refractivity contribution in [2.24, 2.45) is 0 Å². The summed E-state index contributed by atoms with van der Waals surface area (Å²) in [5, 5.41) is 3.38. The molecule has 0 aromatic rings. The maximum atomic E-state index is 6.16. The molecule has 0 spiro atoms. The van der Waals surface area contributed by atoms with E-state index in [1.165, 1.54) is 0 Å². The van der Waals surface area contributed by atoms with Crippen LogP contribution >= 0.6 is 0 Å². The van der Waals surface area contributed by atoms with Gasteiger partial charge in [0.1, 0.15) is 0 Å². The summed E-state index contributed by atoms with van der Waals surface area (Å²) >= 11 is 0. The van der Waals surface area contributed by atoms with Crippen molar-refractivity contribution < 1.29 is 13.3 Å². The third-order valence-corrected chi connectivity index (χ3v) is 5.83. The van der Waals surface area contributed by atoms with Gasteiger partial charge in [-0.1, -0.05) is 6.08 Å². The third kappa shape index (κ3) is 4.89. The maximum absolute atomic E-state index is 6.16. The van der Waals surface area contributed by atoms with Crippen molar-refractivity contribution in [3.63, 3.8) is 0 Å². The summed E-state index contributed by atoms with van der Waals surface area (Å²) in [6, 6.07) is 0.898. The van der Waals surface area contributed by atoms with Gasteiger partial charge in [0.25, 0.3) is 0 Å². The van der Waals surface area contributed by atoms with Crippen LogP contribution in [0.25, 0.3) is 0 Å². The summed E-state index contributed by atoms with van der Waals surface area (Å²) in [4.78, 5) is 0. The van der Waals surface area contributed by atoms with Crippen LogP contribution in [0, 0.1) is 0 Å². The van der Waals surface area contributed by atoms with Gasteiger partial charge in [0.2, 0.25) is 0 Å². The molecule has 1 fully saturated rings. The Morgan fingerprint density at radius 2 is 2.12 bits per heavy atom. The zero-order valence-electron chi connectivity index (χ0n) is 11.0. The van der Waals surface area contributed by atoms with E-state index in [0.29, 0.717) is 13.2 Å². The lowest BCUT2D eigenvalue weighted by atomic mass is 10.2. The second-order valence-corrected chi connectivity index (χ2v) is 6.80. The first-order valence-corrected chi connectivity index (χ1v) is 8.47. The van der Waals surface area contributed by atoms with Gasteiger partial charge in [-0.25, -0.2) is 0 Å². The number of hydrogen-bond donors (Lipinski definition) is 1. The monoisotopic (exact) mass is 259 g/mol. The molecule has 0 aromatic heterocycles. The molecule has 0 radical (unpaired) electrons. The first-order chi connectivity index (χ1) is 8.26. The van der Waals surface area contributed by atoms with Crippen LogP contribution in [0.15, 0.2) is 12.7 Å². The Labute approximate surface area is 106 Å². The highest BCUT2D eigenvalue weighted by atomic mass is 28.4. The van der Waals surface area contributed by atoms with Crippen molar-refractivity contribution in [2.75, 3.05) is 26.3 Å². The molecule has 17 heavy (non-hydrogen) atoms. The van der Waals surface area contributed by atoms with Crippen LogP contribution < -0.4 is 5.32 Å². The van der Waals surface area contributed by atoms with Crippen molar-refractivity contribution in [2.45, 2.75) is 38.8 Å². The minimum absolute atomic E-state index is 0.123. The zero-order chi connectivity index (χ0) is 12.6. The lowest BCUT2D eigenvalue weighted by molar-refractivity contribution is 0.0292. The Kier molecular flexibility index (Phi) is 6.99. The molecule has 1 aliphatic rings. The molecule has 0 aromatic carbocycles. The normalized spacial score (nSPS) is 24.9. The summed E-state index contributed by atoms with van der Waals surface area (Å²) < 4.78 is 17.9.